The number of carbonyl (C=O) groups is 3. The van der Waals surface area contributed by atoms with Crippen molar-refractivity contribution in [3.8, 4) is 0 Å². The minimum atomic E-state index is -1.32. The molecule has 1 atom stereocenters. The lowest BCUT2D eigenvalue weighted by molar-refractivity contribution is -0.142. The lowest BCUT2D eigenvalue weighted by Gasteiger charge is -2.29. The summed E-state index contributed by atoms with van der Waals surface area (Å²) in [4.78, 5) is 42.2. The quantitative estimate of drug-likeness (QED) is 0.471. The maximum absolute atomic E-state index is 13.5. The molecule has 2 heterocycles. The Morgan fingerprint density at radius 2 is 2.10 bits per heavy atom. The predicted octanol–water partition coefficient (Wildman–Crippen LogP) is 2.45. The summed E-state index contributed by atoms with van der Waals surface area (Å²) in [7, 11) is 3.22. The van der Waals surface area contributed by atoms with E-state index in [9.17, 15) is 14.4 Å². The minimum Gasteiger partial charge on any atom is -0.385 e. The number of rotatable bonds is 9. The molecule has 8 nitrogen and oxygen atoms in total. The summed E-state index contributed by atoms with van der Waals surface area (Å²) >= 11 is 6.44. The number of benzene rings is 1. The van der Waals surface area contributed by atoms with E-state index >= 15 is 0 Å². The lowest BCUT2D eigenvalue weighted by Crippen LogP contribution is -2.43. The van der Waals surface area contributed by atoms with E-state index in [2.05, 4.69) is 10.2 Å². The van der Waals surface area contributed by atoms with Crippen LogP contribution in [0.3, 0.4) is 0 Å². The number of amides is 3. The van der Waals surface area contributed by atoms with Crippen molar-refractivity contribution in [1.82, 2.24) is 20.0 Å². The highest BCUT2D eigenvalue weighted by atomic mass is 35.5. The standard InChI is InChI=1S/C22H27ClN4O4/c1-15-11-16(25-24-15)14-26(2)19(28)12-22(17-7-4-5-8-18(17)23)13-20(29)27(21(22)30)9-6-10-31-3/h4-5,7-8,11H,6,9-10,12-14H2,1-3H3,(H,24,25)/t22-/m0/s1. The molecule has 31 heavy (non-hydrogen) atoms. The van der Waals surface area contributed by atoms with Crippen LogP contribution in [0.2, 0.25) is 5.02 Å². The van der Waals surface area contributed by atoms with Crippen molar-refractivity contribution in [1.29, 1.82) is 0 Å². The normalized spacial score (nSPS) is 18.6. The Hall–Kier alpha value is -2.71. The fraction of sp³-hybridized carbons (Fsp3) is 0.455. The molecule has 0 saturated carbocycles. The second-order valence-corrected chi connectivity index (χ2v) is 8.31. The van der Waals surface area contributed by atoms with Crippen molar-refractivity contribution in [2.45, 2.75) is 38.1 Å². The Morgan fingerprint density at radius 1 is 1.35 bits per heavy atom. The number of nitrogens with zero attached hydrogens (tertiary/aromatic N) is 3. The molecular weight excluding hydrogens is 420 g/mol. The van der Waals surface area contributed by atoms with E-state index in [1.165, 1.54) is 9.80 Å². The van der Waals surface area contributed by atoms with Crippen LogP contribution in [0.15, 0.2) is 30.3 Å². The van der Waals surface area contributed by atoms with Crippen molar-refractivity contribution in [3.05, 3.63) is 52.3 Å². The van der Waals surface area contributed by atoms with E-state index in [0.717, 1.165) is 11.4 Å². The molecule has 3 rings (SSSR count). The van der Waals surface area contributed by atoms with E-state index in [-0.39, 0.29) is 37.1 Å². The number of H-pyrrole nitrogens is 1. The van der Waals surface area contributed by atoms with Crippen LogP contribution in [0.25, 0.3) is 0 Å². The van der Waals surface area contributed by atoms with Crippen LogP contribution >= 0.6 is 11.6 Å². The lowest BCUT2D eigenvalue weighted by atomic mass is 9.75. The van der Waals surface area contributed by atoms with Crippen LogP contribution < -0.4 is 0 Å². The van der Waals surface area contributed by atoms with Gasteiger partial charge in [-0.15, -0.1) is 0 Å². The summed E-state index contributed by atoms with van der Waals surface area (Å²) in [6.45, 7) is 2.85. The molecule has 1 aliphatic rings. The summed E-state index contributed by atoms with van der Waals surface area (Å²) in [5, 5.41) is 7.37. The fourth-order valence-electron chi connectivity index (χ4n) is 3.97. The van der Waals surface area contributed by atoms with Crippen LogP contribution in [0.5, 0.6) is 0 Å². The van der Waals surface area contributed by atoms with Crippen LogP contribution in [0.1, 0.15) is 36.2 Å². The maximum atomic E-state index is 13.5. The number of aromatic nitrogens is 2. The van der Waals surface area contributed by atoms with E-state index in [1.807, 2.05) is 13.0 Å². The molecule has 166 valence electrons. The largest absolute Gasteiger partial charge is 0.385 e. The van der Waals surface area contributed by atoms with Gasteiger partial charge in [0.2, 0.25) is 17.7 Å². The number of nitrogens with one attached hydrogen (secondary N) is 1. The number of hydrogen-bond acceptors (Lipinski definition) is 5. The van der Waals surface area contributed by atoms with Gasteiger partial charge < -0.3 is 9.64 Å². The number of likely N-dealkylation sites (tertiary alicyclic amines) is 1. The predicted molar refractivity (Wildman–Crippen MR) is 115 cm³/mol. The number of halogens is 1. The first-order valence-electron chi connectivity index (χ1n) is 10.1. The molecule has 1 saturated heterocycles. The highest BCUT2D eigenvalue weighted by Crippen LogP contribution is 2.43. The van der Waals surface area contributed by atoms with Gasteiger partial charge in [-0.25, -0.2) is 0 Å². The first-order valence-corrected chi connectivity index (χ1v) is 10.5. The van der Waals surface area contributed by atoms with E-state index in [1.54, 1.807) is 38.4 Å². The molecule has 0 radical (unpaired) electrons. The van der Waals surface area contributed by atoms with Gasteiger partial charge in [0.25, 0.3) is 0 Å². The van der Waals surface area contributed by atoms with Crippen LogP contribution in [0.4, 0.5) is 0 Å². The average Bonchev–Trinajstić information content (AvgIpc) is 3.24. The van der Waals surface area contributed by atoms with Crippen molar-refractivity contribution >= 4 is 29.3 Å². The molecule has 2 aromatic rings. The third-order valence-electron chi connectivity index (χ3n) is 5.57. The van der Waals surface area contributed by atoms with Gasteiger partial charge in [-0.3, -0.25) is 24.4 Å². The van der Waals surface area contributed by atoms with Crippen LogP contribution in [0, 0.1) is 6.92 Å². The molecule has 1 fully saturated rings. The zero-order valence-electron chi connectivity index (χ0n) is 18.0. The molecule has 0 spiro atoms. The number of methoxy groups -OCH3 is 1. The van der Waals surface area contributed by atoms with Crippen molar-refractivity contribution < 1.29 is 19.1 Å². The fourth-order valence-corrected chi connectivity index (χ4v) is 4.28. The number of aryl methyl sites for hydroxylation is 1. The zero-order chi connectivity index (χ0) is 22.6. The second kappa shape index (κ2) is 9.62. The van der Waals surface area contributed by atoms with Gasteiger partial charge in [0.15, 0.2) is 0 Å². The highest BCUT2D eigenvalue weighted by molar-refractivity contribution is 6.32. The Balaban J connectivity index is 1.89. The summed E-state index contributed by atoms with van der Waals surface area (Å²) in [6.07, 6.45) is 0.282. The first kappa shape index (κ1) is 23.0. The molecule has 1 N–H and O–H groups in total. The van der Waals surface area contributed by atoms with Gasteiger partial charge in [0.1, 0.15) is 0 Å². The minimum absolute atomic E-state index is 0.0936. The SMILES string of the molecule is COCCCN1C(=O)C[C@@](CC(=O)N(C)Cc2cc(C)[nH]n2)(c2ccccc2Cl)C1=O. The van der Waals surface area contributed by atoms with Crippen LogP contribution in [-0.2, 0) is 31.1 Å². The van der Waals surface area contributed by atoms with Gasteiger partial charge in [-0.05, 0) is 31.0 Å². The monoisotopic (exact) mass is 446 g/mol. The number of imide groups is 1. The third kappa shape index (κ3) is 4.80. The summed E-state index contributed by atoms with van der Waals surface area (Å²) in [5.74, 6) is -0.959. The van der Waals surface area contributed by atoms with Crippen molar-refractivity contribution in [2.75, 3.05) is 27.3 Å². The zero-order valence-corrected chi connectivity index (χ0v) is 18.7. The average molecular weight is 447 g/mol. The number of hydrogen-bond donors (Lipinski definition) is 1. The third-order valence-corrected chi connectivity index (χ3v) is 5.89. The molecule has 1 aromatic carbocycles. The molecule has 3 amide bonds. The number of ether oxygens (including phenoxy) is 1. The number of carbonyl (C=O) groups excluding carboxylic acids is 3. The Bertz CT molecular complexity index is 976. The van der Waals surface area contributed by atoms with Crippen LogP contribution in [-0.4, -0.2) is 65.0 Å². The maximum Gasteiger partial charge on any atom is 0.240 e. The summed E-state index contributed by atoms with van der Waals surface area (Å²) in [6, 6.07) is 8.76. The topological polar surface area (TPSA) is 95.6 Å². The molecule has 1 aromatic heterocycles. The van der Waals surface area contributed by atoms with Crippen molar-refractivity contribution in [2.24, 2.45) is 0 Å². The Labute approximate surface area is 186 Å². The van der Waals surface area contributed by atoms with Gasteiger partial charge >= 0.3 is 0 Å². The summed E-state index contributed by atoms with van der Waals surface area (Å²) in [5.41, 5.74) is 0.790. The molecule has 0 bridgehead atoms. The Kier molecular flexibility index (Phi) is 7.12. The summed E-state index contributed by atoms with van der Waals surface area (Å²) < 4.78 is 5.04. The molecule has 0 aliphatic carbocycles. The molecule has 1 aliphatic heterocycles. The molecule has 9 heteroatoms. The smallest absolute Gasteiger partial charge is 0.240 e. The van der Waals surface area contributed by atoms with E-state index in [4.69, 9.17) is 16.3 Å². The van der Waals surface area contributed by atoms with E-state index < -0.39 is 5.41 Å². The second-order valence-electron chi connectivity index (χ2n) is 7.90. The molecular formula is C22H27ClN4O4. The number of aromatic amines is 1. The van der Waals surface area contributed by atoms with E-state index in [0.29, 0.717) is 30.2 Å². The van der Waals surface area contributed by atoms with Crippen molar-refractivity contribution in [3.63, 3.8) is 0 Å². The van der Waals surface area contributed by atoms with Gasteiger partial charge in [-0.1, -0.05) is 29.8 Å². The first-order chi connectivity index (χ1) is 14.8. The van der Waals surface area contributed by atoms with Gasteiger partial charge in [-0.2, -0.15) is 5.10 Å². The van der Waals surface area contributed by atoms with Gasteiger partial charge in [0.05, 0.1) is 17.7 Å². The highest BCUT2D eigenvalue weighted by Gasteiger charge is 2.54. The Morgan fingerprint density at radius 3 is 2.74 bits per heavy atom. The van der Waals surface area contributed by atoms with Gasteiger partial charge in [0, 0.05) is 50.9 Å². The molecule has 0 unspecified atom stereocenters.